The van der Waals surface area contributed by atoms with Crippen LogP contribution < -0.4 is 5.73 Å². The van der Waals surface area contributed by atoms with E-state index in [-0.39, 0.29) is 11.9 Å². The number of hydrogen-bond acceptors (Lipinski definition) is 1. The summed E-state index contributed by atoms with van der Waals surface area (Å²) in [6, 6.07) is 13.1. The molecule has 0 aromatic heterocycles. The molecule has 0 bridgehead atoms. The Hall–Kier alpha value is -1.38. The maximum Gasteiger partial charge on any atom is 0.127 e. The summed E-state index contributed by atoms with van der Waals surface area (Å²) in [6.07, 6.45) is 2.29. The third-order valence-electron chi connectivity index (χ3n) is 3.38. The Morgan fingerprint density at radius 3 is 2.70 bits per heavy atom. The summed E-state index contributed by atoms with van der Waals surface area (Å²) >= 11 is 5.74. The lowest BCUT2D eigenvalue weighted by Crippen LogP contribution is -2.24. The zero-order valence-corrected chi connectivity index (χ0v) is 12.3. The van der Waals surface area contributed by atoms with Gasteiger partial charge in [0.2, 0.25) is 0 Å². The van der Waals surface area contributed by atoms with Gasteiger partial charge in [-0.25, -0.2) is 4.39 Å². The molecule has 0 spiro atoms. The lowest BCUT2D eigenvalue weighted by Gasteiger charge is -2.12. The molecule has 1 nitrogen and oxygen atoms in total. The second kappa shape index (κ2) is 6.87. The van der Waals surface area contributed by atoms with Gasteiger partial charge >= 0.3 is 0 Å². The average Bonchev–Trinajstić information content (AvgIpc) is 2.40. The van der Waals surface area contributed by atoms with E-state index < -0.39 is 0 Å². The highest BCUT2D eigenvalue weighted by Crippen LogP contribution is 2.17. The Bertz CT molecular complexity index is 583. The van der Waals surface area contributed by atoms with Crippen molar-refractivity contribution in [2.24, 2.45) is 5.73 Å². The molecule has 0 aliphatic carbocycles. The molecule has 0 amide bonds. The SMILES string of the molecule is Cc1cccc(CCC(N)Cc2ccc(Cl)cc2F)c1. The summed E-state index contributed by atoms with van der Waals surface area (Å²) in [5, 5.41) is 0.416. The van der Waals surface area contributed by atoms with E-state index in [0.717, 1.165) is 12.8 Å². The van der Waals surface area contributed by atoms with Crippen LogP contribution in [-0.4, -0.2) is 6.04 Å². The van der Waals surface area contributed by atoms with E-state index in [1.165, 1.54) is 17.2 Å². The smallest absolute Gasteiger partial charge is 0.127 e. The Morgan fingerprint density at radius 1 is 1.20 bits per heavy atom. The fraction of sp³-hybridized carbons (Fsp3) is 0.294. The first-order valence-corrected chi connectivity index (χ1v) is 7.17. The van der Waals surface area contributed by atoms with Crippen LogP contribution in [0.4, 0.5) is 4.39 Å². The molecule has 0 saturated heterocycles. The van der Waals surface area contributed by atoms with E-state index in [1.807, 2.05) is 0 Å². The topological polar surface area (TPSA) is 26.0 Å². The predicted molar refractivity (Wildman–Crippen MR) is 82.6 cm³/mol. The molecule has 0 fully saturated rings. The fourth-order valence-corrected chi connectivity index (χ4v) is 2.45. The zero-order chi connectivity index (χ0) is 14.5. The van der Waals surface area contributed by atoms with Gasteiger partial charge in [0, 0.05) is 11.1 Å². The van der Waals surface area contributed by atoms with Gasteiger partial charge in [-0.2, -0.15) is 0 Å². The second-order valence-electron chi connectivity index (χ2n) is 5.23. The first-order chi connectivity index (χ1) is 9.54. The maximum absolute atomic E-state index is 13.7. The minimum absolute atomic E-state index is 0.0498. The highest BCUT2D eigenvalue weighted by atomic mass is 35.5. The second-order valence-corrected chi connectivity index (χ2v) is 5.66. The highest BCUT2D eigenvalue weighted by molar-refractivity contribution is 6.30. The minimum Gasteiger partial charge on any atom is -0.327 e. The molecule has 106 valence electrons. The van der Waals surface area contributed by atoms with Crippen LogP contribution in [0.1, 0.15) is 23.1 Å². The number of aryl methyl sites for hydroxylation is 2. The monoisotopic (exact) mass is 291 g/mol. The van der Waals surface area contributed by atoms with Crippen molar-refractivity contribution >= 4 is 11.6 Å². The van der Waals surface area contributed by atoms with Gasteiger partial charge in [0.1, 0.15) is 5.82 Å². The van der Waals surface area contributed by atoms with Crippen LogP contribution in [0, 0.1) is 12.7 Å². The van der Waals surface area contributed by atoms with Gasteiger partial charge in [-0.1, -0.05) is 47.5 Å². The average molecular weight is 292 g/mol. The van der Waals surface area contributed by atoms with Crippen LogP contribution in [-0.2, 0) is 12.8 Å². The molecule has 1 atom stereocenters. The molecule has 2 rings (SSSR count). The van der Waals surface area contributed by atoms with Crippen molar-refractivity contribution in [2.45, 2.75) is 32.2 Å². The molecule has 2 aromatic rings. The van der Waals surface area contributed by atoms with Crippen LogP contribution >= 0.6 is 11.6 Å². The molecule has 2 N–H and O–H groups in total. The van der Waals surface area contributed by atoms with E-state index in [9.17, 15) is 4.39 Å². The number of hydrogen-bond donors (Lipinski definition) is 1. The minimum atomic E-state index is -0.275. The van der Waals surface area contributed by atoms with E-state index in [2.05, 4.69) is 31.2 Å². The molecule has 0 heterocycles. The molecule has 0 aliphatic heterocycles. The van der Waals surface area contributed by atoms with Crippen molar-refractivity contribution in [3.05, 3.63) is 70.0 Å². The molecular weight excluding hydrogens is 273 g/mol. The Balaban J connectivity index is 1.90. The Labute approximate surface area is 124 Å². The Morgan fingerprint density at radius 2 is 2.00 bits per heavy atom. The van der Waals surface area contributed by atoms with Crippen LogP contribution in [0.5, 0.6) is 0 Å². The van der Waals surface area contributed by atoms with Gasteiger partial charge in [-0.05, 0) is 49.4 Å². The van der Waals surface area contributed by atoms with Crippen molar-refractivity contribution in [3.63, 3.8) is 0 Å². The molecule has 0 radical (unpaired) electrons. The number of benzene rings is 2. The number of rotatable bonds is 5. The summed E-state index contributed by atoms with van der Waals surface area (Å²) in [5.41, 5.74) is 9.25. The number of nitrogens with two attached hydrogens (primary N) is 1. The lowest BCUT2D eigenvalue weighted by molar-refractivity contribution is 0.566. The molecule has 0 aliphatic rings. The van der Waals surface area contributed by atoms with E-state index in [4.69, 9.17) is 17.3 Å². The lowest BCUT2D eigenvalue weighted by atomic mass is 9.99. The van der Waals surface area contributed by atoms with Gasteiger partial charge in [0.05, 0.1) is 0 Å². The standard InChI is InChI=1S/C17H19ClFN/c1-12-3-2-4-13(9-12)5-8-16(20)10-14-6-7-15(18)11-17(14)19/h2-4,6-7,9,11,16H,5,8,10,20H2,1H3. The van der Waals surface area contributed by atoms with Crippen molar-refractivity contribution in [2.75, 3.05) is 0 Å². The normalized spacial score (nSPS) is 12.4. The molecule has 3 heteroatoms. The third kappa shape index (κ3) is 4.32. The van der Waals surface area contributed by atoms with Gasteiger partial charge in [-0.3, -0.25) is 0 Å². The van der Waals surface area contributed by atoms with Crippen molar-refractivity contribution in [3.8, 4) is 0 Å². The van der Waals surface area contributed by atoms with Crippen LogP contribution in [0.15, 0.2) is 42.5 Å². The molecular formula is C17H19ClFN. The van der Waals surface area contributed by atoms with Gasteiger partial charge in [0.25, 0.3) is 0 Å². The Kier molecular flexibility index (Phi) is 5.16. The van der Waals surface area contributed by atoms with E-state index in [1.54, 1.807) is 12.1 Å². The molecule has 20 heavy (non-hydrogen) atoms. The summed E-state index contributed by atoms with van der Waals surface area (Å²) in [4.78, 5) is 0. The summed E-state index contributed by atoms with van der Waals surface area (Å²) in [7, 11) is 0. The largest absolute Gasteiger partial charge is 0.327 e. The molecule has 1 unspecified atom stereocenters. The fourth-order valence-electron chi connectivity index (χ4n) is 2.29. The summed E-state index contributed by atoms with van der Waals surface area (Å²) in [5.74, 6) is -0.275. The van der Waals surface area contributed by atoms with Crippen LogP contribution in [0.25, 0.3) is 0 Å². The van der Waals surface area contributed by atoms with Crippen LogP contribution in [0.2, 0.25) is 5.02 Å². The predicted octanol–water partition coefficient (Wildman–Crippen LogP) is 4.29. The van der Waals surface area contributed by atoms with Gasteiger partial charge in [0.15, 0.2) is 0 Å². The zero-order valence-electron chi connectivity index (χ0n) is 11.6. The van der Waals surface area contributed by atoms with E-state index in [0.29, 0.717) is 17.0 Å². The van der Waals surface area contributed by atoms with Gasteiger partial charge in [-0.15, -0.1) is 0 Å². The first kappa shape index (κ1) is 15.0. The van der Waals surface area contributed by atoms with E-state index >= 15 is 0 Å². The first-order valence-electron chi connectivity index (χ1n) is 6.79. The molecule has 0 saturated carbocycles. The van der Waals surface area contributed by atoms with Gasteiger partial charge < -0.3 is 5.73 Å². The van der Waals surface area contributed by atoms with Crippen molar-refractivity contribution in [1.29, 1.82) is 0 Å². The molecule has 2 aromatic carbocycles. The van der Waals surface area contributed by atoms with Crippen molar-refractivity contribution in [1.82, 2.24) is 0 Å². The third-order valence-corrected chi connectivity index (χ3v) is 3.62. The summed E-state index contributed by atoms with van der Waals surface area (Å²) < 4.78 is 13.7. The number of halogens is 2. The van der Waals surface area contributed by atoms with Crippen molar-refractivity contribution < 1.29 is 4.39 Å². The highest BCUT2D eigenvalue weighted by Gasteiger charge is 2.09. The maximum atomic E-state index is 13.7. The quantitative estimate of drug-likeness (QED) is 0.874. The summed E-state index contributed by atoms with van der Waals surface area (Å²) in [6.45, 7) is 2.08. The van der Waals surface area contributed by atoms with Crippen LogP contribution in [0.3, 0.4) is 0 Å².